The first-order valence-electron chi connectivity index (χ1n) is 11.7. The van der Waals surface area contributed by atoms with Crippen LogP contribution in [0.3, 0.4) is 0 Å². The largest absolute Gasteiger partial charge is 0.497 e. The van der Waals surface area contributed by atoms with Crippen LogP contribution in [-0.4, -0.2) is 34.3 Å². The predicted molar refractivity (Wildman–Crippen MR) is 140 cm³/mol. The van der Waals surface area contributed by atoms with Crippen molar-refractivity contribution in [2.45, 2.75) is 38.6 Å². The molecule has 8 heteroatoms. The van der Waals surface area contributed by atoms with Crippen molar-refractivity contribution < 1.29 is 23.7 Å². The van der Waals surface area contributed by atoms with E-state index in [0.29, 0.717) is 40.8 Å². The molecule has 35 heavy (non-hydrogen) atoms. The molecule has 0 atom stereocenters. The lowest BCUT2D eigenvalue weighted by Gasteiger charge is -2.15. The maximum Gasteiger partial charge on any atom is 0.259 e. The number of fused-ring (bicyclic) bond motifs is 1. The Morgan fingerprint density at radius 1 is 0.914 bits per heavy atom. The van der Waals surface area contributed by atoms with E-state index in [4.69, 9.17) is 18.9 Å². The van der Waals surface area contributed by atoms with E-state index in [9.17, 15) is 4.79 Å². The standard InChI is InChI=1S/C27H32N2O5S/c1-31-18-13-14-20(22(15-18)33-3)29-26(30)24-19-10-6-5-7-12-23(19)35-27(24)28-16-17-9-8-11-21(32-2)25(17)34-4/h8-9,11,13-15,28H,5-7,10,12,16H2,1-4H3,(H,29,30). The van der Waals surface area contributed by atoms with Gasteiger partial charge in [0.1, 0.15) is 16.5 Å². The van der Waals surface area contributed by atoms with Crippen molar-refractivity contribution >= 4 is 27.9 Å². The van der Waals surface area contributed by atoms with Gasteiger partial charge in [-0.15, -0.1) is 11.3 Å². The van der Waals surface area contributed by atoms with Gasteiger partial charge in [0.25, 0.3) is 5.91 Å². The number of aryl methyl sites for hydroxylation is 1. The van der Waals surface area contributed by atoms with Crippen LogP contribution in [0.25, 0.3) is 0 Å². The number of hydrogen-bond donors (Lipinski definition) is 2. The molecule has 1 aliphatic carbocycles. The number of para-hydroxylation sites is 1. The van der Waals surface area contributed by atoms with Gasteiger partial charge in [0.05, 0.1) is 39.7 Å². The fourth-order valence-corrected chi connectivity index (χ4v) is 5.74. The third-order valence-electron chi connectivity index (χ3n) is 6.23. The van der Waals surface area contributed by atoms with Gasteiger partial charge in [0, 0.05) is 23.1 Å². The molecule has 0 spiro atoms. The van der Waals surface area contributed by atoms with Crippen molar-refractivity contribution in [1.82, 2.24) is 0 Å². The van der Waals surface area contributed by atoms with Gasteiger partial charge in [0.2, 0.25) is 0 Å². The maximum atomic E-state index is 13.7. The Labute approximate surface area is 210 Å². The van der Waals surface area contributed by atoms with Crippen LogP contribution >= 0.6 is 11.3 Å². The van der Waals surface area contributed by atoms with Crippen LogP contribution in [0.1, 0.15) is 45.6 Å². The van der Waals surface area contributed by atoms with Crippen LogP contribution in [0.5, 0.6) is 23.0 Å². The Balaban J connectivity index is 1.65. The highest BCUT2D eigenvalue weighted by Crippen LogP contribution is 2.40. The van der Waals surface area contributed by atoms with Crippen LogP contribution in [0.2, 0.25) is 0 Å². The summed E-state index contributed by atoms with van der Waals surface area (Å²) >= 11 is 1.68. The van der Waals surface area contributed by atoms with Crippen molar-refractivity contribution in [3.05, 3.63) is 58.0 Å². The van der Waals surface area contributed by atoms with E-state index >= 15 is 0 Å². The minimum atomic E-state index is -0.145. The molecule has 1 aromatic heterocycles. The number of rotatable bonds is 9. The lowest BCUT2D eigenvalue weighted by atomic mass is 10.0. The zero-order valence-corrected chi connectivity index (χ0v) is 21.5. The molecule has 0 aliphatic heterocycles. The topological polar surface area (TPSA) is 78.1 Å². The molecular formula is C27H32N2O5S. The second-order valence-corrected chi connectivity index (χ2v) is 9.40. The number of benzene rings is 2. The monoisotopic (exact) mass is 496 g/mol. The summed E-state index contributed by atoms with van der Waals surface area (Å²) in [6.45, 7) is 0.506. The average molecular weight is 497 g/mol. The van der Waals surface area contributed by atoms with Crippen molar-refractivity contribution in [3.8, 4) is 23.0 Å². The highest BCUT2D eigenvalue weighted by Gasteiger charge is 2.26. The second-order valence-electron chi connectivity index (χ2n) is 8.30. The first-order chi connectivity index (χ1) is 17.1. The smallest absolute Gasteiger partial charge is 0.259 e. The summed E-state index contributed by atoms with van der Waals surface area (Å²) in [6.07, 6.45) is 5.30. The molecule has 1 heterocycles. The molecule has 4 rings (SSSR count). The first kappa shape index (κ1) is 24.7. The van der Waals surface area contributed by atoms with Crippen LogP contribution in [0, 0.1) is 0 Å². The van der Waals surface area contributed by atoms with Gasteiger partial charge in [-0.3, -0.25) is 4.79 Å². The molecule has 0 fully saturated rings. The molecule has 7 nitrogen and oxygen atoms in total. The van der Waals surface area contributed by atoms with E-state index in [1.165, 1.54) is 11.3 Å². The van der Waals surface area contributed by atoms with E-state index in [1.807, 2.05) is 18.2 Å². The lowest BCUT2D eigenvalue weighted by Crippen LogP contribution is -2.16. The molecule has 2 aromatic carbocycles. The van der Waals surface area contributed by atoms with Gasteiger partial charge in [-0.25, -0.2) is 0 Å². The highest BCUT2D eigenvalue weighted by atomic mass is 32.1. The minimum absolute atomic E-state index is 0.145. The second kappa shape index (κ2) is 11.4. The summed E-state index contributed by atoms with van der Waals surface area (Å²) in [5.41, 5.74) is 3.43. The van der Waals surface area contributed by atoms with Crippen LogP contribution < -0.4 is 29.6 Å². The van der Waals surface area contributed by atoms with Crippen molar-refractivity contribution in [1.29, 1.82) is 0 Å². The number of carbonyl (C=O) groups excluding carboxylic acids is 1. The lowest BCUT2D eigenvalue weighted by molar-refractivity contribution is 0.102. The number of carbonyl (C=O) groups is 1. The minimum Gasteiger partial charge on any atom is -0.497 e. The van der Waals surface area contributed by atoms with E-state index in [0.717, 1.165) is 41.8 Å². The first-order valence-corrected chi connectivity index (χ1v) is 12.5. The fourth-order valence-electron chi connectivity index (χ4n) is 4.46. The van der Waals surface area contributed by atoms with E-state index in [2.05, 4.69) is 10.6 Å². The highest BCUT2D eigenvalue weighted by molar-refractivity contribution is 7.16. The van der Waals surface area contributed by atoms with Crippen LogP contribution in [0.4, 0.5) is 10.7 Å². The van der Waals surface area contributed by atoms with Crippen molar-refractivity contribution in [3.63, 3.8) is 0 Å². The van der Waals surface area contributed by atoms with Gasteiger partial charge >= 0.3 is 0 Å². The van der Waals surface area contributed by atoms with Crippen molar-refractivity contribution in [2.75, 3.05) is 39.1 Å². The maximum absolute atomic E-state index is 13.7. The number of nitrogens with one attached hydrogen (secondary N) is 2. The number of hydrogen-bond acceptors (Lipinski definition) is 7. The summed E-state index contributed by atoms with van der Waals surface area (Å²) in [5, 5.41) is 7.45. The van der Waals surface area contributed by atoms with E-state index < -0.39 is 0 Å². The number of thiophene rings is 1. The van der Waals surface area contributed by atoms with E-state index in [-0.39, 0.29) is 5.91 Å². The Morgan fingerprint density at radius 2 is 1.71 bits per heavy atom. The van der Waals surface area contributed by atoms with Crippen LogP contribution in [0.15, 0.2) is 36.4 Å². The number of amides is 1. The molecule has 0 saturated carbocycles. The van der Waals surface area contributed by atoms with Gasteiger partial charge in [0.15, 0.2) is 11.5 Å². The Morgan fingerprint density at radius 3 is 2.46 bits per heavy atom. The fraction of sp³-hybridized carbons (Fsp3) is 0.370. The Bertz CT molecular complexity index is 1190. The third kappa shape index (κ3) is 5.32. The average Bonchev–Trinajstić information content (AvgIpc) is 3.08. The zero-order valence-electron chi connectivity index (χ0n) is 20.7. The predicted octanol–water partition coefficient (Wildman–Crippen LogP) is 5.92. The summed E-state index contributed by atoms with van der Waals surface area (Å²) in [5.74, 6) is 2.44. The Hall–Kier alpha value is -3.39. The molecule has 0 unspecified atom stereocenters. The van der Waals surface area contributed by atoms with Crippen molar-refractivity contribution in [2.24, 2.45) is 0 Å². The third-order valence-corrected chi connectivity index (χ3v) is 7.48. The van der Waals surface area contributed by atoms with Gasteiger partial charge < -0.3 is 29.6 Å². The molecule has 2 N–H and O–H groups in total. The number of anilines is 2. The number of methoxy groups -OCH3 is 4. The molecule has 0 bridgehead atoms. The molecule has 1 aliphatic rings. The molecule has 3 aromatic rings. The molecule has 186 valence electrons. The Kier molecular flexibility index (Phi) is 8.02. The molecule has 0 saturated heterocycles. The number of ether oxygens (including phenoxy) is 4. The van der Waals surface area contributed by atoms with Gasteiger partial charge in [-0.2, -0.15) is 0 Å². The summed E-state index contributed by atoms with van der Waals surface area (Å²) in [6, 6.07) is 11.2. The quantitative estimate of drug-likeness (QED) is 0.358. The molecule has 0 radical (unpaired) electrons. The zero-order chi connectivity index (χ0) is 24.8. The summed E-state index contributed by atoms with van der Waals surface area (Å²) in [7, 11) is 6.44. The van der Waals surface area contributed by atoms with Gasteiger partial charge in [-0.05, 0) is 49.4 Å². The normalized spacial score (nSPS) is 12.8. The summed E-state index contributed by atoms with van der Waals surface area (Å²) < 4.78 is 21.8. The molecule has 1 amide bonds. The van der Waals surface area contributed by atoms with E-state index in [1.54, 1.807) is 58.0 Å². The summed E-state index contributed by atoms with van der Waals surface area (Å²) in [4.78, 5) is 14.9. The van der Waals surface area contributed by atoms with Gasteiger partial charge in [-0.1, -0.05) is 18.6 Å². The van der Waals surface area contributed by atoms with Crippen LogP contribution in [-0.2, 0) is 19.4 Å². The SMILES string of the molecule is COc1ccc(NC(=O)c2c(NCc3cccc(OC)c3OC)sc3c2CCCCC3)c(OC)c1. The molecular weight excluding hydrogens is 464 g/mol.